The number of aromatic nitrogens is 3. The first kappa shape index (κ1) is 16.4. The van der Waals surface area contributed by atoms with Gasteiger partial charge >= 0.3 is 0 Å². The second-order valence-corrected chi connectivity index (χ2v) is 6.46. The summed E-state index contributed by atoms with van der Waals surface area (Å²) in [4.78, 5) is 20.8. The fraction of sp³-hybridized carbons (Fsp3) is 0.167. The van der Waals surface area contributed by atoms with E-state index in [0.29, 0.717) is 25.2 Å². The average molecular weight is 385 g/mol. The van der Waals surface area contributed by atoms with Gasteiger partial charge in [0.2, 0.25) is 0 Å². The summed E-state index contributed by atoms with van der Waals surface area (Å²) in [6, 6.07) is 13.3. The van der Waals surface area contributed by atoms with Crippen LogP contribution in [0.2, 0.25) is 0 Å². The van der Waals surface area contributed by atoms with Gasteiger partial charge in [-0.3, -0.25) is 9.78 Å². The van der Waals surface area contributed by atoms with Gasteiger partial charge in [-0.25, -0.2) is 4.98 Å². The van der Waals surface area contributed by atoms with Gasteiger partial charge in [-0.15, -0.1) is 0 Å². The van der Waals surface area contributed by atoms with E-state index in [4.69, 9.17) is 0 Å². The first-order valence-electron chi connectivity index (χ1n) is 7.62. The number of halogens is 1. The number of nitrogens with zero attached hydrogens (tertiary/aromatic N) is 3. The van der Waals surface area contributed by atoms with Crippen LogP contribution in [0.25, 0.3) is 11.0 Å². The lowest BCUT2D eigenvalue weighted by molar-refractivity contribution is 0.0949. The van der Waals surface area contributed by atoms with E-state index in [9.17, 15) is 4.79 Å². The molecule has 2 aromatic heterocycles. The normalized spacial score (nSPS) is 10.7. The molecule has 122 valence electrons. The molecule has 0 aliphatic carbocycles. The lowest BCUT2D eigenvalue weighted by Crippen LogP contribution is -2.27. The molecule has 0 saturated heterocycles. The molecule has 0 aliphatic heterocycles. The average Bonchev–Trinajstić information content (AvgIpc) is 2.93. The fourth-order valence-electron chi connectivity index (χ4n) is 2.54. The van der Waals surface area contributed by atoms with E-state index in [-0.39, 0.29) is 5.91 Å². The largest absolute Gasteiger partial charge is 0.350 e. The summed E-state index contributed by atoms with van der Waals surface area (Å²) in [5.74, 6) is 0.737. The predicted octanol–water partition coefficient (Wildman–Crippen LogP) is 3.31. The van der Waals surface area contributed by atoms with E-state index in [1.807, 2.05) is 24.3 Å². The number of fused-ring (bicyclic) bond motifs is 1. The van der Waals surface area contributed by atoms with Gasteiger partial charge in [0, 0.05) is 23.6 Å². The highest BCUT2D eigenvalue weighted by molar-refractivity contribution is 9.11. The smallest absolute Gasteiger partial charge is 0.269 e. The van der Waals surface area contributed by atoms with Crippen LogP contribution in [0, 0.1) is 0 Å². The van der Waals surface area contributed by atoms with Crippen molar-refractivity contribution in [3.8, 4) is 0 Å². The Hall–Kier alpha value is -2.47. The van der Waals surface area contributed by atoms with Crippen LogP contribution in [0.4, 0.5) is 0 Å². The Kier molecular flexibility index (Phi) is 5.05. The molecule has 6 heteroatoms. The van der Waals surface area contributed by atoms with Crippen molar-refractivity contribution in [2.45, 2.75) is 13.0 Å². The molecule has 0 atom stereocenters. The summed E-state index contributed by atoms with van der Waals surface area (Å²) in [6.45, 7) is 5.05. The Morgan fingerprint density at radius 1 is 1.21 bits per heavy atom. The number of para-hydroxylation sites is 2. The van der Waals surface area contributed by atoms with Crippen LogP contribution in [0.5, 0.6) is 0 Å². The minimum absolute atomic E-state index is 0.178. The minimum Gasteiger partial charge on any atom is -0.350 e. The molecular formula is C18H17BrN4O. The summed E-state index contributed by atoms with van der Waals surface area (Å²) in [6.07, 6.45) is 2.24. The van der Waals surface area contributed by atoms with Gasteiger partial charge in [-0.2, -0.15) is 0 Å². The third-order valence-electron chi connectivity index (χ3n) is 3.59. The number of carbonyl (C=O) groups is 1. The van der Waals surface area contributed by atoms with Gasteiger partial charge in [-0.1, -0.05) is 40.7 Å². The topological polar surface area (TPSA) is 59.8 Å². The number of carbonyl (C=O) groups excluding carboxylic acids is 1. The van der Waals surface area contributed by atoms with Crippen LogP contribution in [-0.4, -0.2) is 27.0 Å². The van der Waals surface area contributed by atoms with E-state index in [1.165, 1.54) is 0 Å². The predicted molar refractivity (Wildman–Crippen MR) is 98.1 cm³/mol. The maximum absolute atomic E-state index is 12.0. The number of imidazole rings is 1. The molecule has 5 nitrogen and oxygen atoms in total. The van der Waals surface area contributed by atoms with Crippen molar-refractivity contribution in [2.24, 2.45) is 0 Å². The van der Waals surface area contributed by atoms with Gasteiger partial charge in [0.25, 0.3) is 5.91 Å². The second-order valence-electron chi connectivity index (χ2n) is 5.34. The van der Waals surface area contributed by atoms with E-state index in [2.05, 4.69) is 42.4 Å². The van der Waals surface area contributed by atoms with Crippen molar-refractivity contribution >= 4 is 32.9 Å². The number of amides is 1. The molecule has 0 radical (unpaired) electrons. The second kappa shape index (κ2) is 7.40. The summed E-state index contributed by atoms with van der Waals surface area (Å²) < 4.78 is 2.99. The molecule has 0 spiro atoms. The van der Waals surface area contributed by atoms with Crippen molar-refractivity contribution < 1.29 is 4.79 Å². The number of rotatable bonds is 6. The van der Waals surface area contributed by atoms with Crippen LogP contribution in [0.3, 0.4) is 0 Å². The van der Waals surface area contributed by atoms with Gasteiger partial charge in [0.1, 0.15) is 11.5 Å². The highest BCUT2D eigenvalue weighted by Crippen LogP contribution is 2.19. The van der Waals surface area contributed by atoms with Gasteiger partial charge in [0.05, 0.1) is 17.6 Å². The Morgan fingerprint density at radius 2 is 2.00 bits per heavy atom. The van der Waals surface area contributed by atoms with Crippen LogP contribution in [0.1, 0.15) is 16.3 Å². The zero-order chi connectivity index (χ0) is 16.9. The molecule has 3 rings (SSSR count). The van der Waals surface area contributed by atoms with E-state index < -0.39 is 0 Å². The van der Waals surface area contributed by atoms with Crippen molar-refractivity contribution in [1.29, 1.82) is 0 Å². The monoisotopic (exact) mass is 384 g/mol. The zero-order valence-corrected chi connectivity index (χ0v) is 14.7. The van der Waals surface area contributed by atoms with Gasteiger partial charge in [0.15, 0.2) is 0 Å². The van der Waals surface area contributed by atoms with Crippen molar-refractivity contribution in [2.75, 3.05) is 6.54 Å². The number of allylic oxidation sites excluding steroid dienone is 1. The molecule has 0 bridgehead atoms. The van der Waals surface area contributed by atoms with Gasteiger partial charge < -0.3 is 9.88 Å². The Morgan fingerprint density at radius 3 is 2.75 bits per heavy atom. The first-order chi connectivity index (χ1) is 11.6. The van der Waals surface area contributed by atoms with Crippen LogP contribution >= 0.6 is 15.9 Å². The lowest BCUT2D eigenvalue weighted by atomic mass is 10.3. The number of hydrogen-bond acceptors (Lipinski definition) is 3. The standard InChI is InChI=1S/C18H17BrN4O/c1-13(19)12-23-16-8-3-2-6-14(16)22-17(23)9-11-21-18(24)15-7-4-5-10-20-15/h2-8,10H,1,9,11-12H2,(H,21,24). The van der Waals surface area contributed by atoms with Crippen molar-refractivity contribution in [3.63, 3.8) is 0 Å². The lowest BCUT2D eigenvalue weighted by Gasteiger charge is -2.09. The summed E-state index contributed by atoms with van der Waals surface area (Å²) in [5, 5.41) is 2.88. The molecular weight excluding hydrogens is 368 g/mol. The molecule has 24 heavy (non-hydrogen) atoms. The molecule has 0 unspecified atom stereocenters. The first-order valence-corrected chi connectivity index (χ1v) is 8.41. The minimum atomic E-state index is -0.178. The van der Waals surface area contributed by atoms with E-state index in [1.54, 1.807) is 24.4 Å². The molecule has 1 amide bonds. The summed E-state index contributed by atoms with van der Waals surface area (Å²) >= 11 is 3.42. The molecule has 2 heterocycles. The Balaban J connectivity index is 1.73. The molecule has 3 aromatic rings. The van der Waals surface area contributed by atoms with Crippen LogP contribution in [0.15, 0.2) is 59.7 Å². The quantitative estimate of drug-likeness (QED) is 0.708. The van der Waals surface area contributed by atoms with E-state index >= 15 is 0 Å². The number of pyridine rings is 1. The fourth-order valence-corrected chi connectivity index (χ4v) is 2.79. The van der Waals surface area contributed by atoms with E-state index in [0.717, 1.165) is 21.3 Å². The number of benzene rings is 1. The van der Waals surface area contributed by atoms with Gasteiger partial charge in [-0.05, 0) is 24.3 Å². The van der Waals surface area contributed by atoms with Crippen molar-refractivity contribution in [1.82, 2.24) is 19.9 Å². The maximum atomic E-state index is 12.0. The maximum Gasteiger partial charge on any atom is 0.269 e. The Bertz CT molecular complexity index is 873. The third-order valence-corrected chi connectivity index (χ3v) is 3.85. The molecule has 1 aromatic carbocycles. The highest BCUT2D eigenvalue weighted by Gasteiger charge is 2.12. The third kappa shape index (κ3) is 3.71. The molecule has 1 N–H and O–H groups in total. The molecule has 0 fully saturated rings. The molecule has 0 saturated carbocycles. The summed E-state index contributed by atoms with van der Waals surface area (Å²) in [7, 11) is 0. The van der Waals surface area contributed by atoms with Crippen LogP contribution < -0.4 is 5.32 Å². The highest BCUT2D eigenvalue weighted by atomic mass is 79.9. The van der Waals surface area contributed by atoms with Crippen LogP contribution in [-0.2, 0) is 13.0 Å². The Labute approximate surface area is 148 Å². The number of nitrogens with one attached hydrogen (secondary N) is 1. The SMILES string of the molecule is C=C(Br)Cn1c(CCNC(=O)c2ccccn2)nc2ccccc21. The molecule has 0 aliphatic rings. The number of hydrogen-bond donors (Lipinski definition) is 1. The van der Waals surface area contributed by atoms with Crippen molar-refractivity contribution in [3.05, 3.63) is 71.2 Å². The summed E-state index contributed by atoms with van der Waals surface area (Å²) in [5.41, 5.74) is 2.42. The zero-order valence-electron chi connectivity index (χ0n) is 13.1.